The fourth-order valence-corrected chi connectivity index (χ4v) is 2.78. The molecule has 0 bridgehead atoms. The topological polar surface area (TPSA) is 116 Å². The second-order valence-electron chi connectivity index (χ2n) is 6.02. The van der Waals surface area contributed by atoms with Crippen molar-refractivity contribution < 1.29 is 28.6 Å². The number of anilines is 2. The maximum absolute atomic E-state index is 12.6. The van der Waals surface area contributed by atoms with Gasteiger partial charge in [0.1, 0.15) is 11.3 Å². The minimum absolute atomic E-state index is 0.113. The van der Waals surface area contributed by atoms with E-state index in [1.165, 1.54) is 13.2 Å². The van der Waals surface area contributed by atoms with Crippen LogP contribution in [0.1, 0.15) is 20.7 Å². The van der Waals surface area contributed by atoms with E-state index in [-0.39, 0.29) is 17.9 Å². The van der Waals surface area contributed by atoms with E-state index in [9.17, 15) is 14.4 Å². The van der Waals surface area contributed by atoms with Crippen LogP contribution < -0.4 is 15.4 Å². The first-order chi connectivity index (χ1) is 14.6. The van der Waals surface area contributed by atoms with Crippen LogP contribution in [-0.4, -0.2) is 44.3 Å². The summed E-state index contributed by atoms with van der Waals surface area (Å²) in [4.78, 5) is 39.2. The van der Waals surface area contributed by atoms with Gasteiger partial charge in [-0.3, -0.25) is 14.6 Å². The predicted molar refractivity (Wildman–Crippen MR) is 109 cm³/mol. The van der Waals surface area contributed by atoms with Gasteiger partial charge < -0.3 is 24.8 Å². The third-order valence-corrected chi connectivity index (χ3v) is 4.26. The number of rotatable bonds is 8. The second kappa shape index (κ2) is 9.37. The molecule has 3 aromatic rings. The van der Waals surface area contributed by atoms with E-state index >= 15 is 0 Å². The molecule has 2 aromatic carbocycles. The van der Waals surface area contributed by atoms with E-state index in [0.717, 1.165) is 0 Å². The third-order valence-electron chi connectivity index (χ3n) is 4.26. The standard InChI is InChI=1S/C21H19N3O6/c1-22-20(26)13-3-8-18-16(9-13)19(24-14-4-6-15(28-2)7-5-14)17(10-23-18)21(27)30-12-29-11-25/h3-11H,12H2,1-2H3,(H,22,26)(H,23,24). The highest BCUT2D eigenvalue weighted by atomic mass is 16.7. The number of carbonyl (C=O) groups excluding carboxylic acids is 3. The van der Waals surface area contributed by atoms with Gasteiger partial charge >= 0.3 is 5.97 Å². The van der Waals surface area contributed by atoms with Crippen LogP contribution in [0.4, 0.5) is 11.4 Å². The van der Waals surface area contributed by atoms with Crippen LogP contribution in [0.5, 0.6) is 5.75 Å². The van der Waals surface area contributed by atoms with Gasteiger partial charge in [0.05, 0.1) is 18.3 Å². The Morgan fingerprint density at radius 1 is 1.13 bits per heavy atom. The Morgan fingerprint density at radius 2 is 1.90 bits per heavy atom. The molecule has 154 valence electrons. The highest BCUT2D eigenvalue weighted by molar-refractivity contribution is 6.08. The molecule has 2 N–H and O–H groups in total. The molecule has 30 heavy (non-hydrogen) atoms. The number of nitrogens with zero attached hydrogens (tertiary/aromatic N) is 1. The molecule has 0 saturated carbocycles. The molecule has 9 nitrogen and oxygen atoms in total. The Hall–Kier alpha value is -4.14. The van der Waals surface area contributed by atoms with Crippen LogP contribution in [0, 0.1) is 0 Å². The first-order valence-corrected chi connectivity index (χ1v) is 8.85. The summed E-state index contributed by atoms with van der Waals surface area (Å²) < 4.78 is 14.6. The van der Waals surface area contributed by atoms with Crippen molar-refractivity contribution in [1.29, 1.82) is 0 Å². The summed E-state index contributed by atoms with van der Waals surface area (Å²) in [5.41, 5.74) is 2.15. The Bertz CT molecular complexity index is 1080. The number of hydrogen-bond acceptors (Lipinski definition) is 8. The van der Waals surface area contributed by atoms with Gasteiger partial charge in [-0.2, -0.15) is 0 Å². The summed E-state index contributed by atoms with van der Waals surface area (Å²) >= 11 is 0. The number of benzene rings is 2. The monoisotopic (exact) mass is 409 g/mol. The van der Waals surface area contributed by atoms with Gasteiger partial charge in [-0.15, -0.1) is 0 Å². The smallest absolute Gasteiger partial charge is 0.344 e. The number of aromatic nitrogens is 1. The second-order valence-corrected chi connectivity index (χ2v) is 6.02. The number of hydrogen-bond donors (Lipinski definition) is 2. The molecule has 0 radical (unpaired) electrons. The molecule has 0 aliphatic rings. The van der Waals surface area contributed by atoms with Crippen LogP contribution in [0.3, 0.4) is 0 Å². The lowest BCUT2D eigenvalue weighted by Gasteiger charge is -2.15. The summed E-state index contributed by atoms with van der Waals surface area (Å²) in [7, 11) is 3.09. The van der Waals surface area contributed by atoms with Gasteiger partial charge in [-0.25, -0.2) is 4.79 Å². The zero-order valence-corrected chi connectivity index (χ0v) is 16.3. The quantitative estimate of drug-likeness (QED) is 0.252. The zero-order chi connectivity index (χ0) is 21.5. The molecule has 9 heteroatoms. The van der Waals surface area contributed by atoms with Gasteiger partial charge in [-0.1, -0.05) is 0 Å². The van der Waals surface area contributed by atoms with E-state index in [0.29, 0.717) is 33.6 Å². The van der Waals surface area contributed by atoms with Crippen molar-refractivity contribution in [1.82, 2.24) is 10.3 Å². The Labute approximate surface area is 172 Å². The van der Waals surface area contributed by atoms with Gasteiger partial charge in [0, 0.05) is 29.9 Å². The maximum atomic E-state index is 12.6. The van der Waals surface area contributed by atoms with Crippen molar-refractivity contribution in [2.45, 2.75) is 0 Å². The summed E-state index contributed by atoms with van der Waals surface area (Å²) in [5.74, 6) is -0.347. The van der Waals surface area contributed by atoms with Crippen molar-refractivity contribution in [3.63, 3.8) is 0 Å². The molecule has 0 saturated heterocycles. The molecule has 0 aliphatic heterocycles. The highest BCUT2D eigenvalue weighted by Gasteiger charge is 2.19. The Kier molecular flexibility index (Phi) is 6.43. The van der Waals surface area contributed by atoms with Crippen molar-refractivity contribution in [2.75, 3.05) is 26.3 Å². The normalized spacial score (nSPS) is 10.2. The average molecular weight is 409 g/mol. The van der Waals surface area contributed by atoms with Crippen LogP contribution in [0.15, 0.2) is 48.7 Å². The number of ether oxygens (including phenoxy) is 3. The van der Waals surface area contributed by atoms with Gasteiger partial charge in [-0.05, 0) is 42.5 Å². The number of fused-ring (bicyclic) bond motifs is 1. The van der Waals surface area contributed by atoms with E-state index < -0.39 is 12.8 Å². The van der Waals surface area contributed by atoms with Crippen LogP contribution in [0.2, 0.25) is 0 Å². The molecular weight excluding hydrogens is 390 g/mol. The molecule has 0 aliphatic carbocycles. The van der Waals surface area contributed by atoms with Crippen molar-refractivity contribution in [2.24, 2.45) is 0 Å². The van der Waals surface area contributed by atoms with Crippen LogP contribution in [0.25, 0.3) is 10.9 Å². The van der Waals surface area contributed by atoms with Gasteiger partial charge in [0.15, 0.2) is 0 Å². The molecule has 1 aromatic heterocycles. The number of methoxy groups -OCH3 is 1. The zero-order valence-electron chi connectivity index (χ0n) is 16.3. The Morgan fingerprint density at radius 3 is 2.57 bits per heavy atom. The van der Waals surface area contributed by atoms with Crippen LogP contribution >= 0.6 is 0 Å². The number of amides is 1. The minimum atomic E-state index is -0.743. The molecule has 3 rings (SSSR count). The van der Waals surface area contributed by atoms with E-state index in [1.54, 1.807) is 49.6 Å². The maximum Gasteiger partial charge on any atom is 0.344 e. The van der Waals surface area contributed by atoms with Gasteiger partial charge in [0.25, 0.3) is 12.4 Å². The van der Waals surface area contributed by atoms with Gasteiger partial charge in [0.2, 0.25) is 6.79 Å². The fourth-order valence-electron chi connectivity index (χ4n) is 2.78. The number of pyridine rings is 1. The predicted octanol–water partition coefficient (Wildman–Crippen LogP) is 2.63. The summed E-state index contributed by atoms with van der Waals surface area (Å²) in [5, 5.41) is 6.29. The summed E-state index contributed by atoms with van der Waals surface area (Å²) in [6, 6.07) is 12.0. The first-order valence-electron chi connectivity index (χ1n) is 8.85. The first kappa shape index (κ1) is 20.6. The molecular formula is C21H19N3O6. The highest BCUT2D eigenvalue weighted by Crippen LogP contribution is 2.31. The van der Waals surface area contributed by atoms with Crippen molar-refractivity contribution >= 4 is 40.6 Å². The van der Waals surface area contributed by atoms with E-state index in [2.05, 4.69) is 20.4 Å². The van der Waals surface area contributed by atoms with Crippen molar-refractivity contribution in [3.8, 4) is 5.75 Å². The summed E-state index contributed by atoms with van der Waals surface area (Å²) in [6.07, 6.45) is 1.36. The largest absolute Gasteiger partial charge is 0.497 e. The lowest BCUT2D eigenvalue weighted by Crippen LogP contribution is -2.17. The summed E-state index contributed by atoms with van der Waals surface area (Å²) in [6.45, 7) is -0.349. The molecule has 0 fully saturated rings. The van der Waals surface area contributed by atoms with E-state index in [4.69, 9.17) is 9.47 Å². The molecule has 0 spiro atoms. The fraction of sp³-hybridized carbons (Fsp3) is 0.143. The Balaban J connectivity index is 2.10. The number of carbonyl (C=O) groups is 3. The minimum Gasteiger partial charge on any atom is -0.497 e. The lowest BCUT2D eigenvalue weighted by molar-refractivity contribution is -0.136. The number of esters is 1. The lowest BCUT2D eigenvalue weighted by atomic mass is 10.1. The molecule has 0 unspecified atom stereocenters. The molecule has 1 amide bonds. The third kappa shape index (κ3) is 4.46. The molecule has 0 atom stereocenters. The van der Waals surface area contributed by atoms with Crippen molar-refractivity contribution in [3.05, 3.63) is 59.8 Å². The SMILES string of the molecule is CNC(=O)c1ccc2ncc(C(=O)OCOC=O)c(Nc3ccc(OC)cc3)c2c1. The average Bonchev–Trinajstić information content (AvgIpc) is 2.79. The van der Waals surface area contributed by atoms with E-state index in [1.807, 2.05) is 0 Å². The molecule has 1 heterocycles. The number of nitrogens with one attached hydrogen (secondary N) is 2. The van der Waals surface area contributed by atoms with Crippen LogP contribution in [-0.2, 0) is 14.3 Å².